The Morgan fingerprint density at radius 3 is 1.60 bits per heavy atom. The van der Waals surface area contributed by atoms with Crippen LogP contribution in [0.5, 0.6) is 0 Å². The Hall–Kier alpha value is -1.11. The van der Waals surface area contributed by atoms with E-state index in [2.05, 4.69) is 4.52 Å². The Kier molecular flexibility index (Phi) is 10.3. The molecule has 0 amide bonds. The van der Waals surface area contributed by atoms with Gasteiger partial charge in [0.25, 0.3) is 0 Å². The van der Waals surface area contributed by atoms with E-state index in [9.17, 15) is 34.2 Å². The number of hydrogen-bond acceptors (Lipinski definition) is 12. The molecular formula is C7H11O12P-4. The van der Waals surface area contributed by atoms with E-state index in [0.29, 0.717) is 0 Å². The zero-order valence-corrected chi connectivity index (χ0v) is 10.5. The first kappa shape index (κ1) is 21.2. The van der Waals surface area contributed by atoms with Crippen molar-refractivity contribution < 1.29 is 59.1 Å². The van der Waals surface area contributed by atoms with Gasteiger partial charge in [-0.3, -0.25) is 0 Å². The molecule has 120 valence electrons. The summed E-state index contributed by atoms with van der Waals surface area (Å²) in [4.78, 5) is 38.7. The van der Waals surface area contributed by atoms with Gasteiger partial charge in [0.2, 0.25) is 0 Å². The SMILES string of the molecule is O=C([O-])C(O)C(O)C(=O)[O-].O=P([O-])([O-])OCC(O)CO. The number of hydrogen-bond donors (Lipinski definition) is 4. The van der Waals surface area contributed by atoms with Crippen molar-refractivity contribution in [2.45, 2.75) is 18.3 Å². The molecule has 0 heterocycles. The molecule has 0 radical (unpaired) electrons. The van der Waals surface area contributed by atoms with Crippen LogP contribution in [0.15, 0.2) is 0 Å². The quantitative estimate of drug-likeness (QED) is 0.320. The molecule has 20 heavy (non-hydrogen) atoms. The van der Waals surface area contributed by atoms with Crippen molar-refractivity contribution in [3.05, 3.63) is 0 Å². The van der Waals surface area contributed by atoms with Gasteiger partial charge >= 0.3 is 0 Å². The van der Waals surface area contributed by atoms with Crippen molar-refractivity contribution in [3.8, 4) is 0 Å². The van der Waals surface area contributed by atoms with Crippen LogP contribution in [0.1, 0.15) is 0 Å². The number of phosphoric acid groups is 1. The second kappa shape index (κ2) is 9.74. The number of phosphoric ester groups is 1. The highest BCUT2D eigenvalue weighted by atomic mass is 31.2. The fourth-order valence-corrected chi connectivity index (χ4v) is 0.842. The summed E-state index contributed by atoms with van der Waals surface area (Å²) in [6.07, 6.45) is -6.20. The zero-order valence-electron chi connectivity index (χ0n) is 9.65. The van der Waals surface area contributed by atoms with Gasteiger partial charge in [0.05, 0.1) is 33.0 Å². The molecule has 3 unspecified atom stereocenters. The summed E-state index contributed by atoms with van der Waals surface area (Å²) in [6, 6.07) is 0. The average Bonchev–Trinajstić information content (AvgIpc) is 2.33. The summed E-state index contributed by atoms with van der Waals surface area (Å²) in [5.41, 5.74) is 0. The molecule has 0 aliphatic heterocycles. The predicted octanol–water partition coefficient (Wildman–Crippen LogP) is -7.61. The van der Waals surface area contributed by atoms with E-state index in [0.717, 1.165) is 0 Å². The third-order valence-corrected chi connectivity index (χ3v) is 1.88. The molecule has 0 spiro atoms. The third-order valence-electron chi connectivity index (χ3n) is 1.42. The highest BCUT2D eigenvalue weighted by molar-refractivity contribution is 7.43. The van der Waals surface area contributed by atoms with E-state index in [-0.39, 0.29) is 0 Å². The number of carbonyl (C=O) groups excluding carboxylic acids is 2. The Bertz CT molecular complexity index is 332. The fraction of sp³-hybridized carbons (Fsp3) is 0.714. The topological polar surface area (TPSA) is 234 Å². The molecule has 0 aromatic rings. The predicted molar refractivity (Wildman–Crippen MR) is 48.7 cm³/mol. The molecule has 3 atom stereocenters. The lowest BCUT2D eigenvalue weighted by molar-refractivity contribution is -0.343. The minimum absolute atomic E-state index is 0.639. The molecule has 4 N–H and O–H groups in total. The summed E-state index contributed by atoms with van der Waals surface area (Å²) in [5.74, 6) is -4.12. The Morgan fingerprint density at radius 2 is 1.40 bits per heavy atom. The minimum Gasteiger partial charge on any atom is -0.790 e. The van der Waals surface area contributed by atoms with Crippen LogP contribution in [0.25, 0.3) is 0 Å². The number of aliphatic hydroxyl groups is 4. The molecule has 0 fully saturated rings. The Balaban J connectivity index is 0. The van der Waals surface area contributed by atoms with E-state index in [1.165, 1.54) is 0 Å². The monoisotopic (exact) mass is 318 g/mol. The summed E-state index contributed by atoms with van der Waals surface area (Å²) >= 11 is 0. The van der Waals surface area contributed by atoms with Crippen LogP contribution in [-0.2, 0) is 18.7 Å². The third kappa shape index (κ3) is 12.0. The van der Waals surface area contributed by atoms with Crippen LogP contribution in [0.2, 0.25) is 0 Å². The van der Waals surface area contributed by atoms with Crippen molar-refractivity contribution in [2.75, 3.05) is 13.2 Å². The highest BCUT2D eigenvalue weighted by Crippen LogP contribution is 2.24. The minimum atomic E-state index is -5.00. The van der Waals surface area contributed by atoms with E-state index in [1.54, 1.807) is 0 Å². The first-order chi connectivity index (χ1) is 8.92. The number of aliphatic carboxylic acids is 2. The zero-order chi connectivity index (χ0) is 16.5. The lowest BCUT2D eigenvalue weighted by Gasteiger charge is -2.29. The second-order valence-corrected chi connectivity index (χ2v) is 4.26. The van der Waals surface area contributed by atoms with E-state index in [1.807, 2.05) is 0 Å². The Labute approximate surface area is 111 Å². The maximum absolute atomic E-state index is 9.71. The van der Waals surface area contributed by atoms with Gasteiger partial charge in [0.1, 0.15) is 18.3 Å². The van der Waals surface area contributed by atoms with Crippen molar-refractivity contribution >= 4 is 19.8 Å². The number of carbonyl (C=O) groups is 2. The van der Waals surface area contributed by atoms with E-state index in [4.69, 9.17) is 20.4 Å². The summed E-state index contributed by atoms with van der Waals surface area (Å²) in [6.45, 7) is -1.33. The summed E-state index contributed by atoms with van der Waals surface area (Å²) in [7, 11) is -5.00. The van der Waals surface area contributed by atoms with Crippen molar-refractivity contribution in [1.29, 1.82) is 0 Å². The molecule has 12 nitrogen and oxygen atoms in total. The van der Waals surface area contributed by atoms with E-state index >= 15 is 0 Å². The van der Waals surface area contributed by atoms with Gasteiger partial charge in [0.15, 0.2) is 0 Å². The van der Waals surface area contributed by atoms with Crippen LogP contribution in [0, 0.1) is 0 Å². The van der Waals surface area contributed by atoms with Crippen LogP contribution in [0.4, 0.5) is 0 Å². The molecule has 13 heteroatoms. The Morgan fingerprint density at radius 1 is 1.05 bits per heavy atom. The van der Waals surface area contributed by atoms with Crippen molar-refractivity contribution in [1.82, 2.24) is 0 Å². The van der Waals surface area contributed by atoms with Gasteiger partial charge < -0.3 is 59.1 Å². The number of aliphatic hydroxyl groups excluding tert-OH is 4. The molecule has 0 aromatic carbocycles. The van der Waals surface area contributed by atoms with Gasteiger partial charge in [-0.25, -0.2) is 0 Å². The molecule has 0 aromatic heterocycles. The first-order valence-corrected chi connectivity index (χ1v) is 6.11. The van der Waals surface area contributed by atoms with Crippen LogP contribution < -0.4 is 20.0 Å². The molecule has 0 saturated carbocycles. The van der Waals surface area contributed by atoms with Gasteiger partial charge in [-0.15, -0.1) is 0 Å². The van der Waals surface area contributed by atoms with Gasteiger partial charge in [-0.05, 0) is 0 Å². The summed E-state index contributed by atoms with van der Waals surface area (Å²) in [5, 5.41) is 52.3. The lowest BCUT2D eigenvalue weighted by atomic mass is 10.2. The van der Waals surface area contributed by atoms with Gasteiger partial charge in [-0.1, -0.05) is 0 Å². The molecule has 0 saturated heterocycles. The van der Waals surface area contributed by atoms with Gasteiger partial charge in [0, 0.05) is 0 Å². The largest absolute Gasteiger partial charge is 0.790 e. The summed E-state index contributed by atoms with van der Waals surface area (Å²) < 4.78 is 13.3. The average molecular weight is 318 g/mol. The molecule has 0 rings (SSSR count). The molecular weight excluding hydrogens is 307 g/mol. The van der Waals surface area contributed by atoms with Crippen molar-refractivity contribution in [3.63, 3.8) is 0 Å². The van der Waals surface area contributed by atoms with Crippen LogP contribution in [0.3, 0.4) is 0 Å². The first-order valence-electron chi connectivity index (χ1n) is 4.65. The maximum Gasteiger partial charge on any atom is 0.124 e. The maximum atomic E-state index is 9.71. The second-order valence-electron chi connectivity index (χ2n) is 3.11. The lowest BCUT2D eigenvalue weighted by Crippen LogP contribution is -2.51. The number of carboxylic acids is 2. The normalized spacial score (nSPS) is 15.5. The molecule has 0 aliphatic carbocycles. The van der Waals surface area contributed by atoms with Crippen LogP contribution in [-0.4, -0.2) is 63.9 Å². The standard InChI is InChI=1S/C4H6O6.C3H9O6P/c5-1(3(7)8)2(6)4(9)10;4-1-3(5)2-9-10(6,7)8/h1-2,5-6H,(H,7,8)(H,9,10);3-5H,1-2H2,(H2,6,7,8)/p-4. The fourth-order valence-electron chi connectivity index (χ4n) is 0.488. The smallest absolute Gasteiger partial charge is 0.124 e. The number of carboxylic acid groups (broad SMARTS) is 2. The molecule has 0 aliphatic rings. The highest BCUT2D eigenvalue weighted by Gasteiger charge is 2.17. The van der Waals surface area contributed by atoms with Gasteiger partial charge in [-0.2, -0.15) is 0 Å². The van der Waals surface area contributed by atoms with Crippen molar-refractivity contribution in [2.24, 2.45) is 0 Å². The molecule has 0 bridgehead atoms. The number of rotatable bonds is 7. The van der Waals surface area contributed by atoms with E-state index < -0.39 is 51.3 Å². The van der Waals surface area contributed by atoms with Crippen LogP contribution >= 0.6 is 7.82 Å².